The molecule has 0 radical (unpaired) electrons. The van der Waals surface area contributed by atoms with Crippen molar-refractivity contribution in [2.75, 3.05) is 0 Å². The van der Waals surface area contributed by atoms with Gasteiger partial charge in [-0.15, -0.1) is 0 Å². The molecule has 1 heterocycles. The quantitative estimate of drug-likeness (QED) is 0.173. The number of rotatable bonds is 10. The zero-order chi connectivity index (χ0) is 33.0. The largest absolute Gasteiger partial charge is 0.393 e. The number of hydrogen-bond acceptors (Lipinski definition) is 4. The monoisotopic (exact) mass is 602 g/mol. The average molecular weight is 603 g/mol. The predicted octanol–water partition coefficient (Wildman–Crippen LogP) is 8.81. The second-order valence-corrected chi connectivity index (χ2v) is 15.3. The van der Waals surface area contributed by atoms with E-state index >= 15 is 0 Å². The van der Waals surface area contributed by atoms with Crippen molar-refractivity contribution >= 4 is 0 Å². The number of hydrogen-bond donors (Lipinski definition) is 3. The molecule has 3 rings (SSSR count). The van der Waals surface area contributed by atoms with Crippen molar-refractivity contribution in [1.82, 2.24) is 0 Å². The van der Waals surface area contributed by atoms with E-state index in [1.165, 1.54) is 0 Å². The van der Waals surface area contributed by atoms with E-state index in [2.05, 4.69) is 135 Å². The van der Waals surface area contributed by atoms with E-state index in [4.69, 9.17) is 4.74 Å². The molecule has 1 saturated heterocycles. The molecule has 3 N–H and O–H groups in total. The lowest BCUT2D eigenvalue weighted by molar-refractivity contribution is -0.111. The highest BCUT2D eigenvalue weighted by atomic mass is 16.6. The number of fused-ring (bicyclic) bond motifs is 1. The van der Waals surface area contributed by atoms with Gasteiger partial charge in [-0.2, -0.15) is 0 Å². The lowest BCUT2D eigenvalue weighted by atomic mass is 9.61. The summed E-state index contributed by atoms with van der Waals surface area (Å²) in [6.07, 6.45) is 31.1. The van der Waals surface area contributed by atoms with Gasteiger partial charge in [0.1, 0.15) is 11.2 Å². The summed E-state index contributed by atoms with van der Waals surface area (Å²) in [7, 11) is 0. The van der Waals surface area contributed by atoms with Crippen LogP contribution in [-0.2, 0) is 4.74 Å². The third kappa shape index (κ3) is 8.81. The SMILES string of the molecule is CC(=C/C=C/C(C)=C/C=C/C=C(C)/C=C/C=C(C)/C=C/[C@@H]1C(C)(C)C[C@H](O)C[C@@]1(C)O)/C=C/[C@@]12O[C@]1(C)C[C@@H](O)CC2(C)C. The van der Waals surface area contributed by atoms with Gasteiger partial charge in [0.25, 0.3) is 0 Å². The fourth-order valence-electron chi connectivity index (χ4n) is 7.63. The Kier molecular flexibility index (Phi) is 11.3. The molecule has 0 amide bonds. The number of allylic oxidation sites excluding steroid dienone is 16. The van der Waals surface area contributed by atoms with E-state index in [1.807, 2.05) is 19.1 Å². The van der Waals surface area contributed by atoms with Crippen molar-refractivity contribution in [3.63, 3.8) is 0 Å². The maximum atomic E-state index is 10.9. The molecule has 4 heteroatoms. The highest BCUT2D eigenvalue weighted by molar-refractivity contribution is 5.37. The smallest absolute Gasteiger partial charge is 0.121 e. The highest BCUT2D eigenvalue weighted by Crippen LogP contribution is 2.66. The predicted molar refractivity (Wildman–Crippen MR) is 185 cm³/mol. The maximum absolute atomic E-state index is 10.9. The number of ether oxygens (including phenoxy) is 1. The van der Waals surface area contributed by atoms with Crippen LogP contribution in [0.25, 0.3) is 0 Å². The fourth-order valence-corrected chi connectivity index (χ4v) is 7.63. The van der Waals surface area contributed by atoms with Gasteiger partial charge in [0, 0.05) is 24.2 Å². The molecule has 0 aromatic rings. The van der Waals surface area contributed by atoms with E-state index in [1.54, 1.807) is 0 Å². The fraction of sp³-hybridized carbons (Fsp3) is 0.550. The molecular formula is C40H58O4. The normalized spacial score (nSPS) is 36.8. The second-order valence-electron chi connectivity index (χ2n) is 15.3. The van der Waals surface area contributed by atoms with Gasteiger partial charge in [0.05, 0.1) is 17.8 Å². The van der Waals surface area contributed by atoms with Crippen LogP contribution in [0.2, 0.25) is 0 Å². The third-order valence-electron chi connectivity index (χ3n) is 9.83. The molecule has 2 aliphatic carbocycles. The molecule has 242 valence electrons. The summed E-state index contributed by atoms with van der Waals surface area (Å²) in [5.41, 5.74) is 2.84. The Hall–Kier alpha value is -2.50. The van der Waals surface area contributed by atoms with Crippen molar-refractivity contribution in [1.29, 1.82) is 0 Å². The van der Waals surface area contributed by atoms with Crippen LogP contribution in [0, 0.1) is 16.7 Å². The van der Waals surface area contributed by atoms with E-state index in [0.29, 0.717) is 19.3 Å². The van der Waals surface area contributed by atoms with Gasteiger partial charge in [-0.25, -0.2) is 0 Å². The Morgan fingerprint density at radius 3 is 1.61 bits per heavy atom. The van der Waals surface area contributed by atoms with Crippen LogP contribution in [0.5, 0.6) is 0 Å². The zero-order valence-electron chi connectivity index (χ0n) is 28.9. The van der Waals surface area contributed by atoms with Gasteiger partial charge in [-0.1, -0.05) is 129 Å². The van der Waals surface area contributed by atoms with Crippen LogP contribution in [0.15, 0.2) is 107 Å². The summed E-state index contributed by atoms with van der Waals surface area (Å²) in [5.74, 6) is -0.0137. The summed E-state index contributed by atoms with van der Waals surface area (Å²) in [6.45, 7) is 20.9. The van der Waals surface area contributed by atoms with Crippen LogP contribution in [0.1, 0.15) is 94.9 Å². The minimum atomic E-state index is -0.915. The molecule has 0 spiro atoms. The van der Waals surface area contributed by atoms with E-state index in [-0.39, 0.29) is 34.1 Å². The van der Waals surface area contributed by atoms with Crippen LogP contribution < -0.4 is 0 Å². The van der Waals surface area contributed by atoms with Crippen LogP contribution in [0.3, 0.4) is 0 Å². The second kappa shape index (κ2) is 13.9. The Balaban J connectivity index is 1.50. The maximum Gasteiger partial charge on any atom is 0.121 e. The van der Waals surface area contributed by atoms with Crippen molar-refractivity contribution in [2.45, 2.75) is 124 Å². The first kappa shape index (κ1) is 36.0. The third-order valence-corrected chi connectivity index (χ3v) is 9.83. The van der Waals surface area contributed by atoms with Gasteiger partial charge < -0.3 is 20.1 Å². The molecule has 0 bridgehead atoms. The number of epoxide rings is 1. The molecule has 1 aliphatic heterocycles. The summed E-state index contributed by atoms with van der Waals surface area (Å²) >= 11 is 0. The molecule has 4 nitrogen and oxygen atoms in total. The first-order valence-electron chi connectivity index (χ1n) is 16.2. The molecular weight excluding hydrogens is 544 g/mol. The molecule has 0 aromatic carbocycles. The summed E-state index contributed by atoms with van der Waals surface area (Å²) in [6, 6.07) is 0. The van der Waals surface area contributed by atoms with Gasteiger partial charge >= 0.3 is 0 Å². The molecule has 3 fully saturated rings. The van der Waals surface area contributed by atoms with Gasteiger partial charge in [-0.3, -0.25) is 0 Å². The van der Waals surface area contributed by atoms with Crippen molar-refractivity contribution in [3.05, 3.63) is 107 Å². The Labute approximate surface area is 267 Å². The van der Waals surface area contributed by atoms with Crippen molar-refractivity contribution in [2.24, 2.45) is 16.7 Å². The van der Waals surface area contributed by atoms with Gasteiger partial charge in [-0.05, 0) is 65.9 Å². The van der Waals surface area contributed by atoms with Crippen LogP contribution in [-0.4, -0.2) is 44.3 Å². The van der Waals surface area contributed by atoms with Gasteiger partial charge in [0.2, 0.25) is 0 Å². The zero-order valence-corrected chi connectivity index (χ0v) is 28.9. The molecule has 0 aromatic heterocycles. The lowest BCUT2D eigenvalue weighted by Crippen LogP contribution is -2.50. The molecule has 44 heavy (non-hydrogen) atoms. The molecule has 0 unspecified atom stereocenters. The molecule has 2 saturated carbocycles. The Bertz CT molecular complexity index is 1290. The van der Waals surface area contributed by atoms with E-state index in [0.717, 1.165) is 28.7 Å². The highest BCUT2D eigenvalue weighted by Gasteiger charge is 2.74. The van der Waals surface area contributed by atoms with Crippen molar-refractivity contribution < 1.29 is 20.1 Å². The Morgan fingerprint density at radius 2 is 1.09 bits per heavy atom. The van der Waals surface area contributed by atoms with Crippen molar-refractivity contribution in [3.8, 4) is 0 Å². The summed E-state index contributed by atoms with van der Waals surface area (Å²) in [4.78, 5) is 0. The standard InChI is InChI=1S/C40H58O4/c1-29(17-13-19-31(3)21-22-35-36(5,6)25-33(41)27-38(35,9)43)15-11-12-16-30(2)18-14-20-32(4)23-24-40-37(7,8)26-34(42)28-39(40,10)44-40/h11-24,33-35,41-43H,25-28H2,1-10H3/b12-11+,17-13+,18-14+,22-21+,24-23+,29-15+,30-16+,31-19+,32-20-/t33-,34-,35+,38+,39+,40-/m0/s1. The first-order chi connectivity index (χ1) is 20.3. The molecule has 6 atom stereocenters. The van der Waals surface area contributed by atoms with E-state index in [9.17, 15) is 15.3 Å². The molecule has 3 aliphatic rings. The minimum Gasteiger partial charge on any atom is -0.393 e. The van der Waals surface area contributed by atoms with Gasteiger partial charge in [0.15, 0.2) is 0 Å². The summed E-state index contributed by atoms with van der Waals surface area (Å²) < 4.78 is 6.24. The minimum absolute atomic E-state index is 0.0137. The topological polar surface area (TPSA) is 73.2 Å². The number of aliphatic hydroxyl groups excluding tert-OH is 2. The first-order valence-corrected chi connectivity index (χ1v) is 16.2. The van der Waals surface area contributed by atoms with Crippen LogP contribution >= 0.6 is 0 Å². The van der Waals surface area contributed by atoms with E-state index < -0.39 is 11.7 Å². The lowest BCUT2D eigenvalue weighted by Gasteiger charge is -2.48. The average Bonchev–Trinajstić information content (AvgIpc) is 3.49. The summed E-state index contributed by atoms with van der Waals surface area (Å²) in [5, 5.41) is 31.3. The van der Waals surface area contributed by atoms with Crippen LogP contribution in [0.4, 0.5) is 0 Å². The Morgan fingerprint density at radius 1 is 0.614 bits per heavy atom. The number of aliphatic hydroxyl groups is 3.